The molecule has 0 aliphatic carbocycles. The second-order valence-corrected chi connectivity index (χ2v) is 6.62. The predicted molar refractivity (Wildman–Crippen MR) is 103 cm³/mol. The number of anilines is 2. The van der Waals surface area contributed by atoms with Gasteiger partial charge in [-0.15, -0.1) is 0 Å². The highest BCUT2D eigenvalue weighted by atomic mass is 32.1. The standard InChI is InChI=1S/C19H15N5OS/c25-18(22-12-13-4-3-8-20-11-13)14-6-7-15-16(10-14)26-19(23-15)24-17-5-1-2-9-21-17/h1-11H,12H2,(H,22,25)(H,21,23,24). The van der Waals surface area contributed by atoms with E-state index < -0.39 is 0 Å². The minimum absolute atomic E-state index is 0.122. The maximum absolute atomic E-state index is 12.4. The molecule has 6 nitrogen and oxygen atoms in total. The maximum atomic E-state index is 12.4. The summed E-state index contributed by atoms with van der Waals surface area (Å²) in [5, 5.41) is 6.83. The number of nitrogens with one attached hydrogen (secondary N) is 2. The molecule has 0 saturated heterocycles. The second-order valence-electron chi connectivity index (χ2n) is 5.59. The van der Waals surface area contributed by atoms with E-state index in [2.05, 4.69) is 25.6 Å². The van der Waals surface area contributed by atoms with E-state index in [4.69, 9.17) is 0 Å². The van der Waals surface area contributed by atoms with Crippen LogP contribution in [-0.2, 0) is 6.54 Å². The van der Waals surface area contributed by atoms with E-state index in [1.807, 2.05) is 42.5 Å². The highest BCUT2D eigenvalue weighted by Gasteiger charge is 2.10. The minimum Gasteiger partial charge on any atom is -0.348 e. The SMILES string of the molecule is O=C(NCc1cccnc1)c1ccc2nc(Nc3ccccn3)sc2c1. The van der Waals surface area contributed by atoms with Crippen LogP contribution in [0.15, 0.2) is 67.1 Å². The first-order valence-corrected chi connectivity index (χ1v) is 8.85. The van der Waals surface area contributed by atoms with Crippen LogP contribution in [0.5, 0.6) is 0 Å². The molecular weight excluding hydrogens is 346 g/mol. The average molecular weight is 361 g/mol. The third kappa shape index (κ3) is 3.68. The Hall–Kier alpha value is -3.32. The molecule has 0 bridgehead atoms. The zero-order chi connectivity index (χ0) is 17.8. The molecule has 128 valence electrons. The van der Waals surface area contributed by atoms with Crippen LogP contribution in [-0.4, -0.2) is 20.9 Å². The number of rotatable bonds is 5. The molecule has 0 aliphatic rings. The van der Waals surface area contributed by atoms with Crippen molar-refractivity contribution in [2.24, 2.45) is 0 Å². The number of pyridine rings is 2. The number of benzene rings is 1. The van der Waals surface area contributed by atoms with Gasteiger partial charge in [0.15, 0.2) is 5.13 Å². The molecule has 1 amide bonds. The van der Waals surface area contributed by atoms with Gasteiger partial charge in [0.05, 0.1) is 10.2 Å². The fourth-order valence-corrected chi connectivity index (χ4v) is 3.36. The number of aromatic nitrogens is 3. The number of hydrogen-bond acceptors (Lipinski definition) is 6. The van der Waals surface area contributed by atoms with Crippen LogP contribution < -0.4 is 10.6 Å². The van der Waals surface area contributed by atoms with Crippen LogP contribution >= 0.6 is 11.3 Å². The van der Waals surface area contributed by atoms with E-state index in [0.29, 0.717) is 12.1 Å². The number of amides is 1. The molecule has 1 aromatic carbocycles. The van der Waals surface area contributed by atoms with Crippen molar-refractivity contribution in [3.63, 3.8) is 0 Å². The molecule has 4 rings (SSSR count). The summed E-state index contributed by atoms with van der Waals surface area (Å²) >= 11 is 1.49. The van der Waals surface area contributed by atoms with Crippen LogP contribution in [0, 0.1) is 0 Å². The number of thiazole rings is 1. The lowest BCUT2D eigenvalue weighted by Gasteiger charge is -2.04. The van der Waals surface area contributed by atoms with Gasteiger partial charge in [0, 0.05) is 30.7 Å². The Balaban J connectivity index is 1.49. The molecule has 7 heteroatoms. The van der Waals surface area contributed by atoms with Gasteiger partial charge in [-0.25, -0.2) is 9.97 Å². The van der Waals surface area contributed by atoms with Gasteiger partial charge in [-0.1, -0.05) is 23.5 Å². The molecular formula is C19H15N5OS. The summed E-state index contributed by atoms with van der Waals surface area (Å²) in [5.41, 5.74) is 2.41. The van der Waals surface area contributed by atoms with Gasteiger partial charge >= 0.3 is 0 Å². The third-order valence-corrected chi connectivity index (χ3v) is 4.66. The number of carbonyl (C=O) groups is 1. The van der Waals surface area contributed by atoms with Crippen LogP contribution in [0.3, 0.4) is 0 Å². The molecule has 4 aromatic rings. The normalized spacial score (nSPS) is 10.6. The number of hydrogen-bond donors (Lipinski definition) is 2. The summed E-state index contributed by atoms with van der Waals surface area (Å²) in [6.07, 6.45) is 5.17. The maximum Gasteiger partial charge on any atom is 0.251 e. The molecule has 0 spiro atoms. The Morgan fingerprint density at radius 1 is 1.08 bits per heavy atom. The Bertz CT molecular complexity index is 1030. The van der Waals surface area contributed by atoms with Crippen molar-refractivity contribution < 1.29 is 4.79 Å². The molecule has 0 aliphatic heterocycles. The van der Waals surface area contributed by atoms with Crippen molar-refractivity contribution >= 4 is 38.4 Å². The minimum atomic E-state index is -0.122. The number of carbonyl (C=O) groups excluding carboxylic acids is 1. The fourth-order valence-electron chi connectivity index (χ4n) is 2.45. The molecule has 3 aromatic heterocycles. The van der Waals surface area contributed by atoms with Crippen LogP contribution in [0.1, 0.15) is 15.9 Å². The Morgan fingerprint density at radius 3 is 2.85 bits per heavy atom. The van der Waals surface area contributed by atoms with Crippen molar-refractivity contribution in [2.45, 2.75) is 6.54 Å². The highest BCUT2D eigenvalue weighted by Crippen LogP contribution is 2.28. The third-order valence-electron chi connectivity index (χ3n) is 3.73. The van der Waals surface area contributed by atoms with E-state index in [1.54, 1.807) is 24.7 Å². The number of fused-ring (bicyclic) bond motifs is 1. The van der Waals surface area contributed by atoms with Gasteiger partial charge in [0.2, 0.25) is 0 Å². The number of nitrogens with zero attached hydrogens (tertiary/aromatic N) is 3. The summed E-state index contributed by atoms with van der Waals surface area (Å²) in [6.45, 7) is 0.444. The summed E-state index contributed by atoms with van der Waals surface area (Å²) < 4.78 is 0.942. The van der Waals surface area contributed by atoms with Gasteiger partial charge in [0.25, 0.3) is 5.91 Å². The lowest BCUT2D eigenvalue weighted by molar-refractivity contribution is 0.0951. The quantitative estimate of drug-likeness (QED) is 0.566. The molecule has 0 unspecified atom stereocenters. The fraction of sp³-hybridized carbons (Fsp3) is 0.0526. The summed E-state index contributed by atoms with van der Waals surface area (Å²) in [6, 6.07) is 14.9. The first kappa shape index (κ1) is 16.2. The zero-order valence-electron chi connectivity index (χ0n) is 13.7. The Labute approximate surface area is 154 Å². The average Bonchev–Trinajstić information content (AvgIpc) is 3.09. The highest BCUT2D eigenvalue weighted by molar-refractivity contribution is 7.22. The molecule has 26 heavy (non-hydrogen) atoms. The molecule has 0 saturated carbocycles. The topological polar surface area (TPSA) is 79.8 Å². The molecule has 0 radical (unpaired) electrons. The van der Waals surface area contributed by atoms with E-state index in [9.17, 15) is 4.79 Å². The second kappa shape index (κ2) is 7.28. The largest absolute Gasteiger partial charge is 0.348 e. The smallest absolute Gasteiger partial charge is 0.251 e. The van der Waals surface area contributed by atoms with Crippen molar-refractivity contribution in [1.82, 2.24) is 20.3 Å². The summed E-state index contributed by atoms with van der Waals surface area (Å²) in [4.78, 5) is 25.2. The van der Waals surface area contributed by atoms with Crippen molar-refractivity contribution in [3.05, 3.63) is 78.2 Å². The molecule has 0 atom stereocenters. The van der Waals surface area contributed by atoms with E-state index in [1.165, 1.54) is 11.3 Å². The summed E-state index contributed by atoms with van der Waals surface area (Å²) in [5.74, 6) is 0.615. The predicted octanol–water partition coefficient (Wildman–Crippen LogP) is 3.76. The van der Waals surface area contributed by atoms with Gasteiger partial charge < -0.3 is 10.6 Å². The molecule has 0 fully saturated rings. The van der Waals surface area contributed by atoms with Crippen molar-refractivity contribution in [3.8, 4) is 0 Å². The lowest BCUT2D eigenvalue weighted by Crippen LogP contribution is -2.22. The van der Waals surface area contributed by atoms with Gasteiger partial charge in [-0.3, -0.25) is 9.78 Å². The molecule has 2 N–H and O–H groups in total. The van der Waals surface area contributed by atoms with Crippen LogP contribution in [0.4, 0.5) is 10.9 Å². The Morgan fingerprint density at radius 2 is 2.04 bits per heavy atom. The van der Waals surface area contributed by atoms with E-state index in [0.717, 1.165) is 26.7 Å². The first-order chi connectivity index (χ1) is 12.8. The van der Waals surface area contributed by atoms with Crippen molar-refractivity contribution in [1.29, 1.82) is 0 Å². The van der Waals surface area contributed by atoms with Crippen molar-refractivity contribution in [2.75, 3.05) is 5.32 Å². The zero-order valence-corrected chi connectivity index (χ0v) is 14.5. The Kier molecular flexibility index (Phi) is 4.53. The molecule has 3 heterocycles. The van der Waals surface area contributed by atoms with Crippen LogP contribution in [0.2, 0.25) is 0 Å². The van der Waals surface area contributed by atoms with Gasteiger partial charge in [-0.05, 0) is 42.0 Å². The van der Waals surface area contributed by atoms with Crippen LogP contribution in [0.25, 0.3) is 10.2 Å². The first-order valence-electron chi connectivity index (χ1n) is 8.04. The van der Waals surface area contributed by atoms with E-state index >= 15 is 0 Å². The summed E-state index contributed by atoms with van der Waals surface area (Å²) in [7, 11) is 0. The lowest BCUT2D eigenvalue weighted by atomic mass is 10.2. The monoisotopic (exact) mass is 361 g/mol. The van der Waals surface area contributed by atoms with Gasteiger partial charge in [-0.2, -0.15) is 0 Å². The van der Waals surface area contributed by atoms with Gasteiger partial charge in [0.1, 0.15) is 5.82 Å². The van der Waals surface area contributed by atoms with E-state index in [-0.39, 0.29) is 5.91 Å².